The fourth-order valence-electron chi connectivity index (χ4n) is 4.17. The largest absolute Gasteiger partial charge is 0.353 e. The number of nitrogens with one attached hydrogen (secondary N) is 3. The standard InChI is InChI=1S/C21H21N5O7S/c27-18(22-10-11-23-34(32,33)16-6-3-5-15(12-16)26(30)31)13-25-19(28)21(24-20(25)29)9-8-14-4-1-2-7-17(14)21/h1-7,12,23H,8-11,13H2,(H,22,27)(H,24,29)/t21-/m0/s1. The van der Waals surface area contributed by atoms with Crippen molar-refractivity contribution in [3.63, 3.8) is 0 Å². The summed E-state index contributed by atoms with van der Waals surface area (Å²) in [5.74, 6) is -1.13. The number of hydrogen-bond acceptors (Lipinski definition) is 7. The van der Waals surface area contributed by atoms with Gasteiger partial charge in [0, 0.05) is 25.2 Å². The Morgan fingerprint density at radius 3 is 2.68 bits per heavy atom. The lowest BCUT2D eigenvalue weighted by atomic mass is 9.92. The van der Waals surface area contributed by atoms with Crippen LogP contribution in [0.25, 0.3) is 0 Å². The molecule has 3 N–H and O–H groups in total. The van der Waals surface area contributed by atoms with Crippen LogP contribution in [0.1, 0.15) is 17.5 Å². The lowest BCUT2D eigenvalue weighted by Crippen LogP contribution is -2.44. The quantitative estimate of drug-likeness (QED) is 0.209. The molecule has 2 aromatic rings. The van der Waals surface area contributed by atoms with E-state index in [1.54, 1.807) is 12.1 Å². The van der Waals surface area contributed by atoms with Crippen molar-refractivity contribution in [1.29, 1.82) is 0 Å². The van der Waals surface area contributed by atoms with E-state index < -0.39 is 44.9 Å². The number of benzene rings is 2. The molecule has 4 amide bonds. The monoisotopic (exact) mass is 487 g/mol. The minimum atomic E-state index is -4.03. The van der Waals surface area contributed by atoms with Crippen LogP contribution in [0.5, 0.6) is 0 Å². The number of rotatable bonds is 8. The maximum absolute atomic E-state index is 13.1. The van der Waals surface area contributed by atoms with E-state index in [2.05, 4.69) is 15.4 Å². The number of nitrogens with zero attached hydrogens (tertiary/aromatic N) is 2. The molecule has 1 heterocycles. The molecule has 0 bridgehead atoms. The van der Waals surface area contributed by atoms with E-state index in [0.717, 1.165) is 22.1 Å². The number of carbonyl (C=O) groups excluding carboxylic acids is 3. The number of carbonyl (C=O) groups is 3. The molecule has 1 fully saturated rings. The van der Waals surface area contributed by atoms with Gasteiger partial charge in [-0.2, -0.15) is 0 Å². The summed E-state index contributed by atoms with van der Waals surface area (Å²) in [6, 6.07) is 11.2. The first-order valence-corrected chi connectivity index (χ1v) is 11.9. The fraction of sp³-hybridized carbons (Fsp3) is 0.286. The van der Waals surface area contributed by atoms with Gasteiger partial charge in [-0.1, -0.05) is 30.3 Å². The molecule has 1 spiro atoms. The number of amides is 4. The van der Waals surface area contributed by atoms with Gasteiger partial charge >= 0.3 is 6.03 Å². The summed E-state index contributed by atoms with van der Waals surface area (Å²) in [6.07, 6.45) is 1.04. The van der Waals surface area contributed by atoms with Crippen LogP contribution in [0.15, 0.2) is 53.4 Å². The summed E-state index contributed by atoms with van der Waals surface area (Å²) in [6.45, 7) is -0.828. The van der Waals surface area contributed by atoms with Crippen LogP contribution in [-0.2, 0) is 31.6 Å². The van der Waals surface area contributed by atoms with Gasteiger partial charge in [0.1, 0.15) is 12.1 Å². The van der Waals surface area contributed by atoms with Crippen molar-refractivity contribution < 1.29 is 27.7 Å². The van der Waals surface area contributed by atoms with Crippen molar-refractivity contribution in [2.75, 3.05) is 19.6 Å². The van der Waals surface area contributed by atoms with Gasteiger partial charge in [0.2, 0.25) is 15.9 Å². The number of urea groups is 1. The second kappa shape index (κ2) is 8.83. The maximum Gasteiger partial charge on any atom is 0.325 e. The Balaban J connectivity index is 1.31. The van der Waals surface area contributed by atoms with E-state index in [-0.39, 0.29) is 23.7 Å². The number of aryl methyl sites for hydroxylation is 1. The molecular formula is C21H21N5O7S. The van der Waals surface area contributed by atoms with Gasteiger partial charge in [-0.05, 0) is 30.0 Å². The molecule has 12 nitrogen and oxygen atoms in total. The van der Waals surface area contributed by atoms with E-state index in [1.165, 1.54) is 18.2 Å². The van der Waals surface area contributed by atoms with Crippen molar-refractivity contribution in [3.05, 3.63) is 69.8 Å². The first kappa shape index (κ1) is 23.3. The lowest BCUT2D eigenvalue weighted by Gasteiger charge is -2.22. The van der Waals surface area contributed by atoms with E-state index in [9.17, 15) is 32.9 Å². The Kier molecular flexibility index (Phi) is 6.06. The van der Waals surface area contributed by atoms with Gasteiger partial charge in [-0.15, -0.1) is 0 Å². The number of fused-ring (bicyclic) bond motifs is 2. The summed E-state index contributed by atoms with van der Waals surface area (Å²) in [5, 5.41) is 16.0. The molecule has 0 aromatic heterocycles. The van der Waals surface area contributed by atoms with E-state index in [0.29, 0.717) is 12.8 Å². The highest BCUT2D eigenvalue weighted by molar-refractivity contribution is 7.89. The van der Waals surface area contributed by atoms with Crippen molar-refractivity contribution in [3.8, 4) is 0 Å². The Hall–Kier alpha value is -3.84. The summed E-state index contributed by atoms with van der Waals surface area (Å²) in [7, 11) is -4.03. The van der Waals surface area contributed by atoms with E-state index in [1.807, 2.05) is 12.1 Å². The molecule has 1 atom stereocenters. The van der Waals surface area contributed by atoms with E-state index >= 15 is 0 Å². The van der Waals surface area contributed by atoms with Crippen LogP contribution in [0.3, 0.4) is 0 Å². The van der Waals surface area contributed by atoms with E-state index in [4.69, 9.17) is 0 Å². The highest BCUT2D eigenvalue weighted by atomic mass is 32.2. The molecule has 0 radical (unpaired) electrons. The third-order valence-electron chi connectivity index (χ3n) is 5.80. The predicted octanol–water partition coefficient (Wildman–Crippen LogP) is 0.383. The van der Waals surface area contributed by atoms with Gasteiger partial charge in [0.15, 0.2) is 0 Å². The molecule has 2 aromatic carbocycles. The number of nitro benzene ring substituents is 1. The summed E-state index contributed by atoms with van der Waals surface area (Å²) < 4.78 is 26.9. The summed E-state index contributed by atoms with van der Waals surface area (Å²) >= 11 is 0. The van der Waals surface area contributed by atoms with Gasteiger partial charge in [0.05, 0.1) is 9.82 Å². The van der Waals surface area contributed by atoms with Crippen LogP contribution in [0, 0.1) is 10.1 Å². The van der Waals surface area contributed by atoms with Crippen molar-refractivity contribution in [2.45, 2.75) is 23.3 Å². The maximum atomic E-state index is 13.1. The minimum Gasteiger partial charge on any atom is -0.353 e. The SMILES string of the molecule is O=C(CN1C(=O)N[C@]2(CCc3ccccc32)C1=O)NCCNS(=O)(=O)c1cccc([N+](=O)[O-])c1. The topological polar surface area (TPSA) is 168 Å². The third kappa shape index (κ3) is 4.22. The van der Waals surface area contributed by atoms with Crippen LogP contribution in [0.4, 0.5) is 10.5 Å². The lowest BCUT2D eigenvalue weighted by molar-refractivity contribution is -0.385. The Morgan fingerprint density at radius 2 is 1.91 bits per heavy atom. The van der Waals surface area contributed by atoms with Gasteiger partial charge in [-0.3, -0.25) is 24.6 Å². The molecule has 178 valence electrons. The molecule has 0 unspecified atom stereocenters. The van der Waals surface area contributed by atoms with Crippen molar-refractivity contribution in [1.82, 2.24) is 20.3 Å². The number of nitro groups is 1. The number of sulfonamides is 1. The molecule has 2 aliphatic rings. The molecule has 4 rings (SSSR count). The van der Waals surface area contributed by atoms with Crippen LogP contribution in [-0.4, -0.2) is 55.7 Å². The van der Waals surface area contributed by atoms with Crippen LogP contribution in [0.2, 0.25) is 0 Å². The molecular weight excluding hydrogens is 466 g/mol. The van der Waals surface area contributed by atoms with Crippen molar-refractivity contribution in [2.24, 2.45) is 0 Å². The Morgan fingerprint density at radius 1 is 1.15 bits per heavy atom. The molecule has 13 heteroatoms. The normalized spacial score (nSPS) is 19.2. The first-order chi connectivity index (χ1) is 16.1. The summed E-state index contributed by atoms with van der Waals surface area (Å²) in [5.41, 5.74) is 0.166. The smallest absolute Gasteiger partial charge is 0.325 e. The summed E-state index contributed by atoms with van der Waals surface area (Å²) in [4.78, 5) is 48.5. The Labute approximate surface area is 194 Å². The Bertz CT molecular complexity index is 1300. The number of non-ortho nitro benzene ring substituents is 1. The fourth-order valence-corrected chi connectivity index (χ4v) is 5.24. The molecule has 1 aliphatic heterocycles. The predicted molar refractivity (Wildman–Crippen MR) is 118 cm³/mol. The van der Waals surface area contributed by atoms with Gasteiger partial charge < -0.3 is 10.6 Å². The van der Waals surface area contributed by atoms with Crippen LogP contribution >= 0.6 is 0 Å². The number of hydrogen-bond donors (Lipinski definition) is 3. The zero-order valence-electron chi connectivity index (χ0n) is 17.8. The molecule has 1 aliphatic carbocycles. The average Bonchev–Trinajstić information content (AvgIpc) is 3.30. The molecule has 1 saturated heterocycles. The zero-order valence-corrected chi connectivity index (χ0v) is 18.6. The second-order valence-corrected chi connectivity index (χ2v) is 9.65. The third-order valence-corrected chi connectivity index (χ3v) is 7.26. The highest BCUT2D eigenvalue weighted by Gasteiger charge is 2.55. The van der Waals surface area contributed by atoms with Gasteiger partial charge in [0.25, 0.3) is 11.6 Å². The van der Waals surface area contributed by atoms with Crippen LogP contribution < -0.4 is 15.4 Å². The minimum absolute atomic E-state index is 0.120. The molecule has 0 saturated carbocycles. The zero-order chi connectivity index (χ0) is 24.5. The first-order valence-electron chi connectivity index (χ1n) is 10.4. The average molecular weight is 487 g/mol. The highest BCUT2D eigenvalue weighted by Crippen LogP contribution is 2.41. The molecule has 34 heavy (non-hydrogen) atoms. The number of imide groups is 1. The second-order valence-electron chi connectivity index (χ2n) is 7.89. The van der Waals surface area contributed by atoms with Gasteiger partial charge in [-0.25, -0.2) is 17.9 Å². The van der Waals surface area contributed by atoms with Crippen molar-refractivity contribution >= 4 is 33.6 Å².